The van der Waals surface area contributed by atoms with Gasteiger partial charge in [0, 0.05) is 32.3 Å². The molecule has 1 saturated heterocycles. The fourth-order valence-corrected chi connectivity index (χ4v) is 3.32. The van der Waals surface area contributed by atoms with Gasteiger partial charge in [-0.1, -0.05) is 30.3 Å². The highest BCUT2D eigenvalue weighted by Gasteiger charge is 2.29. The molecule has 1 aliphatic heterocycles. The summed E-state index contributed by atoms with van der Waals surface area (Å²) in [5, 5.41) is 14.7. The molecule has 3 rings (SSSR count). The van der Waals surface area contributed by atoms with E-state index in [1.807, 2.05) is 37.4 Å². The lowest BCUT2D eigenvalue weighted by Crippen LogP contribution is -2.47. The van der Waals surface area contributed by atoms with E-state index in [-0.39, 0.29) is 11.8 Å². The number of carbonyl (C=O) groups is 1. The lowest BCUT2D eigenvalue weighted by Gasteiger charge is -2.36. The number of piperidine rings is 1. The van der Waals surface area contributed by atoms with Crippen LogP contribution >= 0.6 is 0 Å². The van der Waals surface area contributed by atoms with E-state index >= 15 is 0 Å². The largest absolute Gasteiger partial charge is 0.391 e. The number of nitrogens with zero attached hydrogens (tertiary/aromatic N) is 3. The van der Waals surface area contributed by atoms with E-state index in [9.17, 15) is 9.90 Å². The highest BCUT2D eigenvalue weighted by Crippen LogP contribution is 2.22. The third-order valence-electron chi connectivity index (χ3n) is 4.74. The molecule has 1 amide bonds. The van der Waals surface area contributed by atoms with Gasteiger partial charge in [-0.2, -0.15) is 5.10 Å². The number of aryl methyl sites for hydroxylation is 2. The van der Waals surface area contributed by atoms with Gasteiger partial charge in [-0.15, -0.1) is 0 Å². The van der Waals surface area contributed by atoms with Crippen molar-refractivity contribution in [3.05, 3.63) is 53.9 Å². The minimum atomic E-state index is -0.449. The number of aliphatic hydroxyl groups excluding tert-OH is 1. The molecule has 1 N–H and O–H groups in total. The third-order valence-corrected chi connectivity index (χ3v) is 4.74. The molecule has 1 aromatic carbocycles. The Morgan fingerprint density at radius 3 is 2.75 bits per heavy atom. The standard InChI is InChI=1S/C19H25N3O2/c1-15-7-11-22(20-15)12-9-19(24)21-10-8-17(18(23)14-21)13-16-5-3-2-4-6-16/h2-7,11,17-18,23H,8-10,12-14H2,1H3/t17-,18-/m1/s1. The molecule has 2 heterocycles. The zero-order chi connectivity index (χ0) is 16.9. The molecule has 0 radical (unpaired) electrons. The van der Waals surface area contributed by atoms with E-state index in [0.717, 1.165) is 25.1 Å². The molecule has 2 atom stereocenters. The Labute approximate surface area is 142 Å². The molecular weight excluding hydrogens is 302 g/mol. The smallest absolute Gasteiger partial charge is 0.224 e. The average Bonchev–Trinajstić information content (AvgIpc) is 3.01. The Balaban J connectivity index is 1.48. The zero-order valence-electron chi connectivity index (χ0n) is 14.1. The zero-order valence-corrected chi connectivity index (χ0v) is 14.1. The molecule has 5 heteroatoms. The number of carbonyl (C=O) groups excluding carboxylic acids is 1. The molecule has 24 heavy (non-hydrogen) atoms. The number of hydrogen-bond acceptors (Lipinski definition) is 3. The van der Waals surface area contributed by atoms with Crippen molar-refractivity contribution in [1.82, 2.24) is 14.7 Å². The number of hydrogen-bond donors (Lipinski definition) is 1. The van der Waals surface area contributed by atoms with Gasteiger partial charge in [0.25, 0.3) is 0 Å². The highest BCUT2D eigenvalue weighted by molar-refractivity contribution is 5.76. The van der Waals surface area contributed by atoms with Crippen LogP contribution in [-0.4, -0.2) is 44.9 Å². The van der Waals surface area contributed by atoms with E-state index in [0.29, 0.717) is 19.5 Å². The monoisotopic (exact) mass is 327 g/mol. The summed E-state index contributed by atoms with van der Waals surface area (Å²) in [7, 11) is 0. The van der Waals surface area contributed by atoms with Gasteiger partial charge in [0.1, 0.15) is 0 Å². The number of aliphatic hydroxyl groups is 1. The van der Waals surface area contributed by atoms with E-state index in [4.69, 9.17) is 0 Å². The van der Waals surface area contributed by atoms with Gasteiger partial charge < -0.3 is 10.0 Å². The van der Waals surface area contributed by atoms with Crippen LogP contribution in [0.5, 0.6) is 0 Å². The van der Waals surface area contributed by atoms with Gasteiger partial charge in [0.15, 0.2) is 0 Å². The molecule has 0 saturated carbocycles. The Hall–Kier alpha value is -2.14. The lowest BCUT2D eigenvalue weighted by atomic mass is 9.88. The topological polar surface area (TPSA) is 58.4 Å². The van der Waals surface area contributed by atoms with Crippen molar-refractivity contribution in [1.29, 1.82) is 0 Å². The second-order valence-electron chi connectivity index (χ2n) is 6.62. The van der Waals surface area contributed by atoms with Crippen molar-refractivity contribution in [3.63, 3.8) is 0 Å². The van der Waals surface area contributed by atoms with Crippen LogP contribution in [0.3, 0.4) is 0 Å². The third kappa shape index (κ3) is 4.23. The van der Waals surface area contributed by atoms with Crippen LogP contribution < -0.4 is 0 Å². The summed E-state index contributed by atoms with van der Waals surface area (Å²) in [5.41, 5.74) is 2.20. The first kappa shape index (κ1) is 16.7. The van der Waals surface area contributed by atoms with Crippen LogP contribution in [0, 0.1) is 12.8 Å². The predicted molar refractivity (Wildman–Crippen MR) is 92.4 cm³/mol. The Kier molecular flexibility index (Phi) is 5.30. The first-order chi connectivity index (χ1) is 11.6. The number of aromatic nitrogens is 2. The quantitative estimate of drug-likeness (QED) is 0.914. The number of benzene rings is 1. The van der Waals surface area contributed by atoms with Gasteiger partial charge >= 0.3 is 0 Å². The molecule has 128 valence electrons. The van der Waals surface area contributed by atoms with Gasteiger partial charge in [0.05, 0.1) is 11.8 Å². The number of amides is 1. The lowest BCUT2D eigenvalue weighted by molar-refractivity contribution is -0.135. The van der Waals surface area contributed by atoms with Crippen molar-refractivity contribution in [2.45, 2.75) is 38.8 Å². The van der Waals surface area contributed by atoms with E-state index in [1.165, 1.54) is 5.56 Å². The first-order valence-corrected chi connectivity index (χ1v) is 8.61. The van der Waals surface area contributed by atoms with Gasteiger partial charge in [-0.3, -0.25) is 9.48 Å². The van der Waals surface area contributed by atoms with Crippen LogP contribution in [0.15, 0.2) is 42.6 Å². The molecule has 0 unspecified atom stereocenters. The van der Waals surface area contributed by atoms with Crippen molar-refractivity contribution in [3.8, 4) is 0 Å². The number of likely N-dealkylation sites (tertiary alicyclic amines) is 1. The summed E-state index contributed by atoms with van der Waals surface area (Å²) in [6.45, 7) is 3.69. The van der Waals surface area contributed by atoms with E-state index in [1.54, 1.807) is 9.58 Å². The van der Waals surface area contributed by atoms with Crippen molar-refractivity contribution in [2.75, 3.05) is 13.1 Å². The van der Waals surface area contributed by atoms with E-state index in [2.05, 4.69) is 17.2 Å². The Morgan fingerprint density at radius 1 is 1.29 bits per heavy atom. The van der Waals surface area contributed by atoms with Crippen LogP contribution in [0.2, 0.25) is 0 Å². The van der Waals surface area contributed by atoms with Crippen molar-refractivity contribution in [2.24, 2.45) is 5.92 Å². The average molecular weight is 327 g/mol. The molecule has 1 aliphatic rings. The van der Waals surface area contributed by atoms with Crippen molar-refractivity contribution < 1.29 is 9.90 Å². The molecule has 2 aromatic rings. The molecule has 5 nitrogen and oxygen atoms in total. The second kappa shape index (κ2) is 7.62. The molecule has 1 aromatic heterocycles. The van der Waals surface area contributed by atoms with E-state index < -0.39 is 6.10 Å². The van der Waals surface area contributed by atoms with Crippen LogP contribution in [0.4, 0.5) is 0 Å². The summed E-state index contributed by atoms with van der Waals surface area (Å²) in [6.07, 6.45) is 3.59. The predicted octanol–water partition coefficient (Wildman–Crippen LogP) is 2.03. The maximum atomic E-state index is 12.4. The number of rotatable bonds is 5. The second-order valence-corrected chi connectivity index (χ2v) is 6.62. The summed E-state index contributed by atoms with van der Waals surface area (Å²) >= 11 is 0. The minimum Gasteiger partial charge on any atom is -0.391 e. The van der Waals surface area contributed by atoms with Gasteiger partial charge in [-0.05, 0) is 37.3 Å². The SMILES string of the molecule is Cc1ccn(CCC(=O)N2CC[C@H](Cc3ccccc3)[C@H](O)C2)n1. The summed E-state index contributed by atoms with van der Waals surface area (Å²) in [5.74, 6) is 0.325. The van der Waals surface area contributed by atoms with Gasteiger partial charge in [-0.25, -0.2) is 0 Å². The molecule has 0 spiro atoms. The normalized spacial score (nSPS) is 21.0. The fraction of sp³-hybridized carbons (Fsp3) is 0.474. The maximum Gasteiger partial charge on any atom is 0.224 e. The van der Waals surface area contributed by atoms with Crippen LogP contribution in [0.1, 0.15) is 24.1 Å². The molecule has 0 aliphatic carbocycles. The number of β-amino-alcohol motifs (C(OH)–C–C–N with tert-alkyl or cyclic N) is 1. The summed E-state index contributed by atoms with van der Waals surface area (Å²) in [4.78, 5) is 14.2. The summed E-state index contributed by atoms with van der Waals surface area (Å²) < 4.78 is 1.80. The first-order valence-electron chi connectivity index (χ1n) is 8.61. The molecule has 1 fully saturated rings. The fourth-order valence-electron chi connectivity index (χ4n) is 3.32. The Morgan fingerprint density at radius 2 is 2.08 bits per heavy atom. The van der Waals surface area contributed by atoms with Crippen LogP contribution in [0.25, 0.3) is 0 Å². The van der Waals surface area contributed by atoms with Gasteiger partial charge in [0.2, 0.25) is 5.91 Å². The Bertz CT molecular complexity index is 668. The minimum absolute atomic E-state index is 0.0976. The van der Waals surface area contributed by atoms with Crippen molar-refractivity contribution >= 4 is 5.91 Å². The molecule has 0 bridgehead atoms. The molecular formula is C19H25N3O2. The highest BCUT2D eigenvalue weighted by atomic mass is 16.3. The van der Waals surface area contributed by atoms with Crippen LogP contribution in [-0.2, 0) is 17.8 Å². The maximum absolute atomic E-state index is 12.4. The summed E-state index contributed by atoms with van der Waals surface area (Å²) in [6, 6.07) is 12.2.